The molecule has 0 aliphatic carbocycles. The first-order valence-electron chi connectivity index (χ1n) is 9.13. The van der Waals surface area contributed by atoms with E-state index in [2.05, 4.69) is 51.9 Å². The second-order valence-corrected chi connectivity index (χ2v) is 6.60. The van der Waals surface area contributed by atoms with Crippen LogP contribution >= 0.6 is 24.0 Å². The number of nitrogens with zero attached hydrogens (tertiary/aromatic N) is 1. The molecule has 0 spiro atoms. The number of halogens is 1. The smallest absolute Gasteiger partial charge is 0.231 e. The molecule has 0 unspecified atom stereocenters. The minimum Gasteiger partial charge on any atom is -0.454 e. The van der Waals surface area contributed by atoms with E-state index in [0.717, 1.165) is 36.0 Å². The fourth-order valence-corrected chi connectivity index (χ4v) is 3.34. The van der Waals surface area contributed by atoms with E-state index < -0.39 is 0 Å². The van der Waals surface area contributed by atoms with Crippen LogP contribution in [-0.4, -0.2) is 31.3 Å². The first-order chi connectivity index (χ1) is 13.2. The molecule has 0 atom stereocenters. The summed E-state index contributed by atoms with van der Waals surface area (Å²) in [5, 5.41) is 8.01. The van der Waals surface area contributed by atoms with Crippen LogP contribution in [-0.2, 0) is 13.0 Å². The third-order valence-corrected chi connectivity index (χ3v) is 4.82. The minimum atomic E-state index is 0. The van der Waals surface area contributed by atoms with E-state index in [0.29, 0.717) is 13.3 Å². The third kappa shape index (κ3) is 4.35. The highest BCUT2D eigenvalue weighted by Crippen LogP contribution is 2.32. The van der Waals surface area contributed by atoms with E-state index in [1.807, 2.05) is 18.2 Å². The maximum Gasteiger partial charge on any atom is 0.231 e. The molecule has 6 nitrogen and oxygen atoms in total. The zero-order valence-corrected chi connectivity index (χ0v) is 18.4. The van der Waals surface area contributed by atoms with Crippen molar-refractivity contribution in [1.82, 2.24) is 15.6 Å². The first kappa shape index (κ1) is 20.3. The molecular formula is C21H25IN4O2. The lowest BCUT2D eigenvalue weighted by atomic mass is 10.1. The van der Waals surface area contributed by atoms with Gasteiger partial charge in [0, 0.05) is 37.2 Å². The number of benzene rings is 2. The number of H-pyrrole nitrogens is 1. The van der Waals surface area contributed by atoms with E-state index in [9.17, 15) is 0 Å². The van der Waals surface area contributed by atoms with Gasteiger partial charge in [-0.15, -0.1) is 24.0 Å². The van der Waals surface area contributed by atoms with Crippen LogP contribution in [0.1, 0.15) is 16.7 Å². The zero-order chi connectivity index (χ0) is 18.6. The summed E-state index contributed by atoms with van der Waals surface area (Å²) in [6, 6.07) is 12.4. The van der Waals surface area contributed by atoms with E-state index in [1.54, 1.807) is 7.05 Å². The quantitative estimate of drug-likeness (QED) is 0.289. The van der Waals surface area contributed by atoms with Crippen molar-refractivity contribution in [2.45, 2.75) is 19.9 Å². The lowest BCUT2D eigenvalue weighted by molar-refractivity contribution is 0.174. The van der Waals surface area contributed by atoms with Crippen molar-refractivity contribution < 1.29 is 9.47 Å². The fraction of sp³-hybridized carbons (Fsp3) is 0.286. The Labute approximate surface area is 181 Å². The fourth-order valence-electron chi connectivity index (χ4n) is 3.34. The molecule has 0 saturated heterocycles. The van der Waals surface area contributed by atoms with Gasteiger partial charge in [0.1, 0.15) is 0 Å². The minimum absolute atomic E-state index is 0. The Bertz CT molecular complexity index is 984. The van der Waals surface area contributed by atoms with Gasteiger partial charge in [-0.25, -0.2) is 0 Å². The van der Waals surface area contributed by atoms with Gasteiger partial charge in [0.2, 0.25) is 6.79 Å². The van der Waals surface area contributed by atoms with Crippen LogP contribution in [0.15, 0.2) is 47.6 Å². The summed E-state index contributed by atoms with van der Waals surface area (Å²) in [7, 11) is 1.78. The van der Waals surface area contributed by atoms with E-state index in [4.69, 9.17) is 9.47 Å². The number of rotatable bonds is 5. The summed E-state index contributed by atoms with van der Waals surface area (Å²) in [6.45, 7) is 3.90. The van der Waals surface area contributed by atoms with E-state index in [1.165, 1.54) is 22.0 Å². The maximum absolute atomic E-state index is 5.42. The number of hydrogen-bond donors (Lipinski definition) is 3. The van der Waals surface area contributed by atoms with E-state index in [-0.39, 0.29) is 24.0 Å². The normalized spacial score (nSPS) is 12.7. The lowest BCUT2D eigenvalue weighted by Crippen LogP contribution is -2.37. The van der Waals surface area contributed by atoms with Crippen LogP contribution in [0.3, 0.4) is 0 Å². The van der Waals surface area contributed by atoms with Gasteiger partial charge in [0.15, 0.2) is 17.5 Å². The summed E-state index contributed by atoms with van der Waals surface area (Å²) in [5.41, 5.74) is 4.92. The monoisotopic (exact) mass is 492 g/mol. The number of fused-ring (bicyclic) bond motifs is 2. The summed E-state index contributed by atoms with van der Waals surface area (Å²) in [5.74, 6) is 2.38. The Hall–Kier alpha value is -2.42. The van der Waals surface area contributed by atoms with Gasteiger partial charge in [-0.3, -0.25) is 4.99 Å². The van der Waals surface area contributed by atoms with Gasteiger partial charge in [0.05, 0.1) is 0 Å². The number of guanidine groups is 1. The van der Waals surface area contributed by atoms with Crippen LogP contribution in [0.4, 0.5) is 0 Å². The molecule has 3 N–H and O–H groups in total. The second kappa shape index (κ2) is 9.18. The molecule has 7 heteroatoms. The van der Waals surface area contributed by atoms with Crippen LogP contribution in [0.25, 0.3) is 10.9 Å². The summed E-state index contributed by atoms with van der Waals surface area (Å²) < 4.78 is 10.8. The van der Waals surface area contributed by atoms with Crippen LogP contribution in [0.5, 0.6) is 11.5 Å². The predicted octanol–water partition coefficient (Wildman–Crippen LogP) is 3.73. The van der Waals surface area contributed by atoms with Crippen molar-refractivity contribution in [3.05, 3.63) is 59.3 Å². The van der Waals surface area contributed by atoms with Gasteiger partial charge in [-0.05, 0) is 42.2 Å². The molecule has 4 rings (SSSR count). The SMILES string of the molecule is CN=C(NCCc1c[nH]c2c(C)cccc12)NCc1ccc2c(c1)OCO2.I. The van der Waals surface area contributed by atoms with Crippen LogP contribution < -0.4 is 20.1 Å². The van der Waals surface area contributed by atoms with Crippen molar-refractivity contribution in [3.63, 3.8) is 0 Å². The zero-order valence-electron chi connectivity index (χ0n) is 16.0. The van der Waals surface area contributed by atoms with Gasteiger partial charge < -0.3 is 25.1 Å². The highest BCUT2D eigenvalue weighted by molar-refractivity contribution is 14.0. The van der Waals surface area contributed by atoms with Gasteiger partial charge in [-0.1, -0.05) is 24.3 Å². The van der Waals surface area contributed by atoms with Crippen molar-refractivity contribution in [1.29, 1.82) is 0 Å². The molecule has 0 bridgehead atoms. The first-order valence-corrected chi connectivity index (χ1v) is 9.13. The number of para-hydroxylation sites is 1. The Kier molecular flexibility index (Phi) is 6.66. The lowest BCUT2D eigenvalue weighted by Gasteiger charge is -2.12. The topological polar surface area (TPSA) is 70.7 Å². The molecule has 0 radical (unpaired) electrons. The molecular weight excluding hydrogens is 467 g/mol. The summed E-state index contributed by atoms with van der Waals surface area (Å²) in [6.07, 6.45) is 3.02. The Balaban J connectivity index is 0.00000225. The number of nitrogens with one attached hydrogen (secondary N) is 3. The summed E-state index contributed by atoms with van der Waals surface area (Å²) >= 11 is 0. The highest BCUT2D eigenvalue weighted by atomic mass is 127. The molecule has 3 aromatic rings. The molecule has 28 heavy (non-hydrogen) atoms. The van der Waals surface area contributed by atoms with Crippen molar-refractivity contribution in [2.24, 2.45) is 4.99 Å². The van der Waals surface area contributed by atoms with Gasteiger partial charge in [-0.2, -0.15) is 0 Å². The van der Waals surface area contributed by atoms with Crippen molar-refractivity contribution >= 4 is 40.8 Å². The van der Waals surface area contributed by atoms with Crippen LogP contribution in [0, 0.1) is 6.92 Å². The molecule has 0 amide bonds. The second-order valence-electron chi connectivity index (χ2n) is 6.60. The van der Waals surface area contributed by atoms with Crippen molar-refractivity contribution in [2.75, 3.05) is 20.4 Å². The maximum atomic E-state index is 5.42. The number of aliphatic imine (C=N–C) groups is 1. The Morgan fingerprint density at radius 1 is 1.14 bits per heavy atom. The number of aryl methyl sites for hydroxylation is 1. The number of hydrogen-bond acceptors (Lipinski definition) is 3. The highest BCUT2D eigenvalue weighted by Gasteiger charge is 2.13. The molecule has 0 saturated carbocycles. The standard InChI is InChI=1S/C21H24N4O2.HI/c1-14-4-3-5-17-16(12-24-20(14)17)8-9-23-21(22-2)25-11-15-6-7-18-19(10-15)27-13-26-18;/h3-7,10,12,24H,8-9,11,13H2,1-2H3,(H2,22,23,25);1H. The molecule has 2 aromatic carbocycles. The number of ether oxygens (including phenoxy) is 2. The Morgan fingerprint density at radius 3 is 2.86 bits per heavy atom. The molecule has 1 aromatic heterocycles. The largest absolute Gasteiger partial charge is 0.454 e. The van der Waals surface area contributed by atoms with Gasteiger partial charge in [0.25, 0.3) is 0 Å². The average molecular weight is 492 g/mol. The third-order valence-electron chi connectivity index (χ3n) is 4.82. The van der Waals surface area contributed by atoms with Crippen molar-refractivity contribution in [3.8, 4) is 11.5 Å². The number of aromatic amines is 1. The number of aromatic nitrogens is 1. The molecule has 1 aliphatic rings. The Morgan fingerprint density at radius 2 is 2.00 bits per heavy atom. The molecule has 1 aliphatic heterocycles. The molecule has 0 fully saturated rings. The van der Waals surface area contributed by atoms with Gasteiger partial charge >= 0.3 is 0 Å². The summed E-state index contributed by atoms with van der Waals surface area (Å²) in [4.78, 5) is 7.68. The van der Waals surface area contributed by atoms with E-state index >= 15 is 0 Å². The average Bonchev–Trinajstić information content (AvgIpc) is 3.32. The molecule has 148 valence electrons. The molecule has 2 heterocycles. The van der Waals surface area contributed by atoms with Crippen LogP contribution in [0.2, 0.25) is 0 Å². The predicted molar refractivity (Wildman–Crippen MR) is 123 cm³/mol.